The predicted octanol–water partition coefficient (Wildman–Crippen LogP) is 2.71. The van der Waals surface area contributed by atoms with E-state index in [-0.39, 0.29) is 18.2 Å². The van der Waals surface area contributed by atoms with Crippen LogP contribution in [0.3, 0.4) is 0 Å². The van der Waals surface area contributed by atoms with Crippen molar-refractivity contribution in [2.45, 2.75) is 25.7 Å². The lowest BCUT2D eigenvalue weighted by Crippen LogP contribution is -2.35. The lowest BCUT2D eigenvalue weighted by Gasteiger charge is -2.17. The van der Waals surface area contributed by atoms with E-state index in [1.165, 1.54) is 11.1 Å². The first-order valence-electron chi connectivity index (χ1n) is 8.43. The first-order chi connectivity index (χ1) is 11.7. The third-order valence-corrected chi connectivity index (χ3v) is 4.31. The summed E-state index contributed by atoms with van der Waals surface area (Å²) in [6, 6.07) is 18.1. The van der Waals surface area contributed by atoms with Gasteiger partial charge in [-0.15, -0.1) is 0 Å². The number of fused-ring (bicyclic) bond motifs is 1. The highest BCUT2D eigenvalue weighted by molar-refractivity contribution is 6.05. The molecule has 124 valence electrons. The molecule has 3 rings (SSSR count). The van der Waals surface area contributed by atoms with E-state index >= 15 is 0 Å². The standard InChI is InChI=1S/C20H22N2O2/c23-19(21-13-6-9-16-7-2-1-3-8-16)15-20(24)22-14-12-17-10-4-5-11-18(17)22/h1-5,7-8,10-11H,6,9,12-15H2,(H,21,23). The fraction of sp³-hybridized carbons (Fsp3) is 0.300. The number of anilines is 1. The van der Waals surface area contributed by atoms with Crippen molar-refractivity contribution < 1.29 is 9.59 Å². The molecule has 0 aromatic heterocycles. The molecule has 0 saturated carbocycles. The summed E-state index contributed by atoms with van der Waals surface area (Å²) in [4.78, 5) is 26.0. The number of para-hydroxylation sites is 1. The van der Waals surface area contributed by atoms with E-state index in [4.69, 9.17) is 0 Å². The fourth-order valence-electron chi connectivity index (χ4n) is 3.06. The Kier molecular flexibility index (Phi) is 5.26. The second-order valence-electron chi connectivity index (χ2n) is 6.04. The van der Waals surface area contributed by atoms with Gasteiger partial charge in [-0.25, -0.2) is 0 Å². The van der Waals surface area contributed by atoms with E-state index in [0.717, 1.165) is 24.9 Å². The maximum absolute atomic E-state index is 12.3. The Hall–Kier alpha value is -2.62. The van der Waals surface area contributed by atoms with Gasteiger partial charge in [0.25, 0.3) is 0 Å². The number of carbonyl (C=O) groups excluding carboxylic acids is 2. The molecule has 0 saturated heterocycles. The van der Waals surface area contributed by atoms with Crippen LogP contribution in [0, 0.1) is 0 Å². The number of benzene rings is 2. The zero-order valence-electron chi connectivity index (χ0n) is 13.7. The molecule has 4 heteroatoms. The summed E-state index contributed by atoms with van der Waals surface area (Å²) in [5.41, 5.74) is 3.38. The van der Waals surface area contributed by atoms with Crippen LogP contribution in [0.15, 0.2) is 54.6 Å². The van der Waals surface area contributed by atoms with E-state index in [0.29, 0.717) is 13.1 Å². The average molecular weight is 322 g/mol. The van der Waals surface area contributed by atoms with Gasteiger partial charge in [0, 0.05) is 18.8 Å². The van der Waals surface area contributed by atoms with Crippen molar-refractivity contribution in [3.05, 3.63) is 65.7 Å². The smallest absolute Gasteiger partial charge is 0.236 e. The van der Waals surface area contributed by atoms with Gasteiger partial charge >= 0.3 is 0 Å². The van der Waals surface area contributed by atoms with Gasteiger partial charge in [-0.3, -0.25) is 9.59 Å². The van der Waals surface area contributed by atoms with Crippen LogP contribution in [0.5, 0.6) is 0 Å². The maximum atomic E-state index is 12.3. The number of hydrogen-bond donors (Lipinski definition) is 1. The molecule has 0 atom stereocenters. The van der Waals surface area contributed by atoms with E-state index < -0.39 is 0 Å². The Labute approximate surface area is 142 Å². The van der Waals surface area contributed by atoms with Gasteiger partial charge in [0.1, 0.15) is 6.42 Å². The van der Waals surface area contributed by atoms with Crippen LogP contribution in [0.4, 0.5) is 5.69 Å². The molecule has 0 fully saturated rings. The molecule has 2 aromatic carbocycles. The van der Waals surface area contributed by atoms with Gasteiger partial charge in [0.2, 0.25) is 11.8 Å². The average Bonchev–Trinajstić information content (AvgIpc) is 3.04. The highest BCUT2D eigenvalue weighted by atomic mass is 16.2. The van der Waals surface area contributed by atoms with Crippen LogP contribution in [0.25, 0.3) is 0 Å². The van der Waals surface area contributed by atoms with Crippen molar-refractivity contribution >= 4 is 17.5 Å². The molecule has 0 spiro atoms. The molecule has 0 bridgehead atoms. The number of carbonyl (C=O) groups is 2. The quantitative estimate of drug-likeness (QED) is 0.657. The van der Waals surface area contributed by atoms with Gasteiger partial charge < -0.3 is 10.2 Å². The van der Waals surface area contributed by atoms with Gasteiger partial charge in [-0.1, -0.05) is 48.5 Å². The zero-order valence-corrected chi connectivity index (χ0v) is 13.7. The van der Waals surface area contributed by atoms with Crippen molar-refractivity contribution in [3.63, 3.8) is 0 Å². The molecule has 1 N–H and O–H groups in total. The minimum Gasteiger partial charge on any atom is -0.356 e. The van der Waals surface area contributed by atoms with Crippen LogP contribution in [-0.4, -0.2) is 24.9 Å². The van der Waals surface area contributed by atoms with E-state index in [9.17, 15) is 9.59 Å². The van der Waals surface area contributed by atoms with Crippen molar-refractivity contribution in [2.24, 2.45) is 0 Å². The molecule has 0 aliphatic carbocycles. The number of nitrogens with zero attached hydrogens (tertiary/aromatic N) is 1. The second-order valence-corrected chi connectivity index (χ2v) is 6.04. The largest absolute Gasteiger partial charge is 0.356 e. The fourth-order valence-corrected chi connectivity index (χ4v) is 3.06. The topological polar surface area (TPSA) is 49.4 Å². The lowest BCUT2D eigenvalue weighted by molar-refractivity contribution is -0.127. The summed E-state index contributed by atoms with van der Waals surface area (Å²) in [5.74, 6) is -0.321. The van der Waals surface area contributed by atoms with E-state index in [1.54, 1.807) is 4.90 Å². The molecule has 1 aliphatic heterocycles. The Morgan fingerprint density at radius 3 is 2.58 bits per heavy atom. The summed E-state index contributed by atoms with van der Waals surface area (Å²) >= 11 is 0. The van der Waals surface area contributed by atoms with Crippen LogP contribution < -0.4 is 10.2 Å². The summed E-state index contributed by atoms with van der Waals surface area (Å²) in [5, 5.41) is 2.84. The zero-order chi connectivity index (χ0) is 16.8. The van der Waals surface area contributed by atoms with E-state index in [1.807, 2.05) is 42.5 Å². The van der Waals surface area contributed by atoms with Gasteiger partial charge in [0.15, 0.2) is 0 Å². The Morgan fingerprint density at radius 1 is 1.00 bits per heavy atom. The van der Waals surface area contributed by atoms with Crippen molar-refractivity contribution in [2.75, 3.05) is 18.0 Å². The maximum Gasteiger partial charge on any atom is 0.236 e. The summed E-state index contributed by atoms with van der Waals surface area (Å²) in [7, 11) is 0. The molecule has 2 aromatic rings. The number of amides is 2. The molecular weight excluding hydrogens is 300 g/mol. The van der Waals surface area contributed by atoms with Crippen molar-refractivity contribution in [3.8, 4) is 0 Å². The van der Waals surface area contributed by atoms with Crippen molar-refractivity contribution in [1.29, 1.82) is 0 Å². The second kappa shape index (κ2) is 7.77. The number of hydrogen-bond acceptors (Lipinski definition) is 2. The lowest BCUT2D eigenvalue weighted by atomic mass is 10.1. The summed E-state index contributed by atoms with van der Waals surface area (Å²) < 4.78 is 0. The predicted molar refractivity (Wildman–Crippen MR) is 94.9 cm³/mol. The SMILES string of the molecule is O=C(CC(=O)N1CCc2ccccc21)NCCCc1ccccc1. The van der Waals surface area contributed by atoms with Crippen LogP contribution in [0.1, 0.15) is 24.0 Å². The van der Waals surface area contributed by atoms with Gasteiger partial charge in [-0.05, 0) is 36.5 Å². The van der Waals surface area contributed by atoms with Gasteiger partial charge in [-0.2, -0.15) is 0 Å². The molecule has 24 heavy (non-hydrogen) atoms. The molecule has 0 radical (unpaired) electrons. The van der Waals surface area contributed by atoms with Crippen LogP contribution in [-0.2, 0) is 22.4 Å². The third-order valence-electron chi connectivity index (χ3n) is 4.31. The molecule has 4 nitrogen and oxygen atoms in total. The first-order valence-corrected chi connectivity index (χ1v) is 8.43. The third kappa shape index (κ3) is 4.02. The van der Waals surface area contributed by atoms with Crippen LogP contribution in [0.2, 0.25) is 0 Å². The van der Waals surface area contributed by atoms with E-state index in [2.05, 4.69) is 17.4 Å². The molecule has 2 amide bonds. The van der Waals surface area contributed by atoms with Crippen molar-refractivity contribution in [1.82, 2.24) is 5.32 Å². The molecule has 1 heterocycles. The number of aryl methyl sites for hydroxylation is 1. The number of rotatable bonds is 6. The Morgan fingerprint density at radius 2 is 1.75 bits per heavy atom. The minimum atomic E-state index is -0.197. The normalized spacial score (nSPS) is 12.8. The Balaban J connectivity index is 1.41. The Bertz CT molecular complexity index is 713. The minimum absolute atomic E-state index is 0.0837. The van der Waals surface area contributed by atoms with Crippen LogP contribution >= 0.6 is 0 Å². The summed E-state index contributed by atoms with van der Waals surface area (Å²) in [6.45, 7) is 1.26. The molecule has 1 aliphatic rings. The highest BCUT2D eigenvalue weighted by Gasteiger charge is 2.25. The number of nitrogens with one attached hydrogen (secondary N) is 1. The van der Waals surface area contributed by atoms with Gasteiger partial charge in [0.05, 0.1) is 0 Å². The summed E-state index contributed by atoms with van der Waals surface area (Å²) in [6.07, 6.45) is 2.57. The first kappa shape index (κ1) is 16.2. The molecule has 0 unspecified atom stereocenters. The monoisotopic (exact) mass is 322 g/mol. The highest BCUT2D eigenvalue weighted by Crippen LogP contribution is 2.27. The molecular formula is C20H22N2O2.